The lowest BCUT2D eigenvalue weighted by atomic mass is 10.0. The smallest absolute Gasteiger partial charge is 0.288 e. The molecule has 0 unspecified atom stereocenters. The van der Waals surface area contributed by atoms with Gasteiger partial charge in [0.05, 0.1) is 13.7 Å². The van der Waals surface area contributed by atoms with E-state index in [1.807, 2.05) is 42.5 Å². The van der Waals surface area contributed by atoms with Crippen LogP contribution in [0.5, 0.6) is 5.75 Å². The first-order valence-corrected chi connectivity index (χ1v) is 7.12. The van der Waals surface area contributed by atoms with Gasteiger partial charge in [0.15, 0.2) is 0 Å². The third-order valence-electron chi connectivity index (χ3n) is 3.52. The van der Waals surface area contributed by atoms with Gasteiger partial charge in [0.25, 0.3) is 5.91 Å². The molecule has 23 heavy (non-hydrogen) atoms. The summed E-state index contributed by atoms with van der Waals surface area (Å²) in [4.78, 5) is 12.4. The van der Waals surface area contributed by atoms with E-state index in [4.69, 9.17) is 15.6 Å². The number of nitrogens with one attached hydrogen (secondary N) is 1. The number of ether oxygens (including phenoxy) is 1. The molecule has 3 rings (SSSR count). The first kappa shape index (κ1) is 14.7. The molecule has 2 aromatic carbocycles. The standard InChI is InChI=1S/C19H15NO3/c1-3-11-20-19(21)18-17(13-7-5-4-6-8-13)15-10-9-14(22-2)12-16(15)23-18/h1,4-10,12H,11H2,2H3,(H,20,21). The Hall–Kier alpha value is -3.19. The van der Waals surface area contributed by atoms with Crippen molar-refractivity contribution in [1.29, 1.82) is 0 Å². The molecule has 1 aromatic heterocycles. The summed E-state index contributed by atoms with van der Waals surface area (Å²) in [6.45, 7) is 0.146. The molecule has 1 amide bonds. The van der Waals surface area contributed by atoms with Crippen molar-refractivity contribution in [3.63, 3.8) is 0 Å². The number of hydrogen-bond donors (Lipinski definition) is 1. The zero-order valence-electron chi connectivity index (χ0n) is 12.6. The van der Waals surface area contributed by atoms with Gasteiger partial charge in [0.2, 0.25) is 5.76 Å². The SMILES string of the molecule is C#CCNC(=O)c1oc2cc(OC)ccc2c1-c1ccccc1. The van der Waals surface area contributed by atoms with Gasteiger partial charge >= 0.3 is 0 Å². The second-order valence-corrected chi connectivity index (χ2v) is 4.92. The summed E-state index contributed by atoms with van der Waals surface area (Å²) < 4.78 is 11.0. The molecule has 0 bridgehead atoms. The summed E-state index contributed by atoms with van der Waals surface area (Å²) in [5.41, 5.74) is 2.24. The Morgan fingerprint density at radius 1 is 1.26 bits per heavy atom. The van der Waals surface area contributed by atoms with Gasteiger partial charge in [-0.25, -0.2) is 0 Å². The molecule has 0 spiro atoms. The molecule has 0 saturated heterocycles. The number of terminal acetylenes is 1. The Morgan fingerprint density at radius 2 is 2.04 bits per heavy atom. The molecule has 0 radical (unpaired) electrons. The minimum absolute atomic E-state index is 0.146. The highest BCUT2D eigenvalue weighted by molar-refractivity contribution is 6.08. The monoisotopic (exact) mass is 305 g/mol. The van der Waals surface area contributed by atoms with Gasteiger partial charge in [-0.2, -0.15) is 0 Å². The predicted molar refractivity (Wildman–Crippen MR) is 89.4 cm³/mol. The molecule has 1 heterocycles. The van der Waals surface area contributed by atoms with Crippen molar-refractivity contribution in [1.82, 2.24) is 5.32 Å². The van der Waals surface area contributed by atoms with Crippen LogP contribution in [0.25, 0.3) is 22.1 Å². The topological polar surface area (TPSA) is 51.5 Å². The zero-order valence-corrected chi connectivity index (χ0v) is 12.6. The highest BCUT2D eigenvalue weighted by Crippen LogP contribution is 2.36. The molecule has 4 nitrogen and oxygen atoms in total. The van der Waals surface area contributed by atoms with E-state index < -0.39 is 0 Å². The average molecular weight is 305 g/mol. The zero-order chi connectivity index (χ0) is 16.2. The van der Waals surface area contributed by atoms with Crippen molar-refractivity contribution in [3.8, 4) is 29.2 Å². The van der Waals surface area contributed by atoms with Gasteiger partial charge in [-0.1, -0.05) is 36.3 Å². The Balaban J connectivity index is 2.21. The van der Waals surface area contributed by atoms with E-state index in [2.05, 4.69) is 11.2 Å². The average Bonchev–Trinajstić information content (AvgIpc) is 2.98. The maximum Gasteiger partial charge on any atom is 0.288 e. The number of benzene rings is 2. The highest BCUT2D eigenvalue weighted by atomic mass is 16.5. The molecule has 0 atom stereocenters. The molecular weight excluding hydrogens is 290 g/mol. The summed E-state index contributed by atoms with van der Waals surface area (Å²) in [5.74, 6) is 2.96. The second-order valence-electron chi connectivity index (χ2n) is 4.92. The summed E-state index contributed by atoms with van der Waals surface area (Å²) in [6, 6.07) is 15.1. The van der Waals surface area contributed by atoms with Gasteiger partial charge in [-0.3, -0.25) is 4.79 Å². The van der Waals surface area contributed by atoms with E-state index in [1.54, 1.807) is 13.2 Å². The molecule has 1 N–H and O–H groups in total. The van der Waals surface area contributed by atoms with Crippen LogP contribution in [0.15, 0.2) is 52.9 Å². The number of carbonyl (C=O) groups is 1. The fourth-order valence-electron chi connectivity index (χ4n) is 2.47. The number of fused-ring (bicyclic) bond motifs is 1. The van der Waals surface area contributed by atoms with Crippen molar-refractivity contribution < 1.29 is 13.9 Å². The largest absolute Gasteiger partial charge is 0.497 e. The molecule has 0 aliphatic heterocycles. The Bertz CT molecular complexity index is 888. The lowest BCUT2D eigenvalue weighted by Gasteiger charge is -2.03. The predicted octanol–water partition coefficient (Wildman–Crippen LogP) is 3.47. The van der Waals surface area contributed by atoms with E-state index in [-0.39, 0.29) is 18.2 Å². The van der Waals surface area contributed by atoms with Crippen molar-refractivity contribution >= 4 is 16.9 Å². The van der Waals surface area contributed by atoms with Crippen LogP contribution in [-0.4, -0.2) is 19.6 Å². The van der Waals surface area contributed by atoms with Crippen molar-refractivity contribution in [2.24, 2.45) is 0 Å². The number of methoxy groups -OCH3 is 1. The van der Waals surface area contributed by atoms with Crippen molar-refractivity contribution in [3.05, 3.63) is 54.3 Å². The van der Waals surface area contributed by atoms with E-state index in [0.717, 1.165) is 16.5 Å². The summed E-state index contributed by atoms with van der Waals surface area (Å²) in [6.07, 6.45) is 5.21. The molecule has 0 aliphatic carbocycles. The summed E-state index contributed by atoms with van der Waals surface area (Å²) in [5, 5.41) is 3.50. The second kappa shape index (κ2) is 6.29. The Labute approximate surface area is 134 Å². The van der Waals surface area contributed by atoms with Crippen LogP contribution < -0.4 is 10.1 Å². The maximum atomic E-state index is 12.4. The fraction of sp³-hybridized carbons (Fsp3) is 0.105. The molecule has 0 saturated carbocycles. The van der Waals surface area contributed by atoms with E-state index in [1.165, 1.54) is 0 Å². The van der Waals surface area contributed by atoms with Crippen LogP contribution in [-0.2, 0) is 0 Å². The Morgan fingerprint density at radius 3 is 2.74 bits per heavy atom. The van der Waals surface area contributed by atoms with Crippen LogP contribution >= 0.6 is 0 Å². The molecule has 114 valence electrons. The molecular formula is C19H15NO3. The van der Waals surface area contributed by atoms with Gasteiger partial charge < -0.3 is 14.5 Å². The third-order valence-corrected chi connectivity index (χ3v) is 3.52. The first-order valence-electron chi connectivity index (χ1n) is 7.12. The van der Waals surface area contributed by atoms with E-state index in [9.17, 15) is 4.79 Å². The van der Waals surface area contributed by atoms with E-state index in [0.29, 0.717) is 11.3 Å². The summed E-state index contributed by atoms with van der Waals surface area (Å²) >= 11 is 0. The highest BCUT2D eigenvalue weighted by Gasteiger charge is 2.21. The summed E-state index contributed by atoms with van der Waals surface area (Å²) in [7, 11) is 1.59. The van der Waals surface area contributed by atoms with Crippen LogP contribution in [0.2, 0.25) is 0 Å². The number of amides is 1. The maximum absolute atomic E-state index is 12.4. The Kier molecular flexibility index (Phi) is 4.03. The fourth-order valence-corrected chi connectivity index (χ4v) is 2.47. The molecule has 0 aliphatic rings. The molecule has 4 heteroatoms. The first-order chi connectivity index (χ1) is 11.2. The number of hydrogen-bond acceptors (Lipinski definition) is 3. The third kappa shape index (κ3) is 2.77. The quantitative estimate of drug-likeness (QED) is 0.751. The molecule has 0 fully saturated rings. The number of furan rings is 1. The van der Waals surface area contributed by atoms with E-state index >= 15 is 0 Å². The van der Waals surface area contributed by atoms with Crippen LogP contribution in [0.1, 0.15) is 10.6 Å². The number of carbonyl (C=O) groups excluding carboxylic acids is 1. The van der Waals surface area contributed by atoms with Crippen LogP contribution in [0.3, 0.4) is 0 Å². The lowest BCUT2D eigenvalue weighted by Crippen LogP contribution is -2.23. The van der Waals surface area contributed by atoms with Gasteiger partial charge in [-0.15, -0.1) is 6.42 Å². The van der Waals surface area contributed by atoms with Crippen molar-refractivity contribution in [2.75, 3.05) is 13.7 Å². The normalized spacial score (nSPS) is 10.3. The van der Waals surface area contributed by atoms with Gasteiger partial charge in [0, 0.05) is 17.0 Å². The van der Waals surface area contributed by atoms with Crippen LogP contribution in [0, 0.1) is 12.3 Å². The minimum atomic E-state index is -0.336. The number of rotatable bonds is 4. The minimum Gasteiger partial charge on any atom is -0.497 e. The van der Waals surface area contributed by atoms with Crippen LogP contribution in [0.4, 0.5) is 0 Å². The van der Waals surface area contributed by atoms with Gasteiger partial charge in [-0.05, 0) is 17.7 Å². The van der Waals surface area contributed by atoms with Crippen molar-refractivity contribution in [2.45, 2.75) is 0 Å². The lowest BCUT2D eigenvalue weighted by molar-refractivity contribution is 0.0934. The molecule has 3 aromatic rings. The van der Waals surface area contributed by atoms with Gasteiger partial charge in [0.1, 0.15) is 11.3 Å².